The van der Waals surface area contributed by atoms with Crippen molar-refractivity contribution in [1.29, 1.82) is 0 Å². The largest absolute Gasteiger partial charge is 0.387 e. The van der Waals surface area contributed by atoms with Crippen LogP contribution in [0.2, 0.25) is 0 Å². The van der Waals surface area contributed by atoms with Gasteiger partial charge in [0.05, 0.1) is 6.10 Å². The van der Waals surface area contributed by atoms with E-state index in [0.717, 1.165) is 24.1 Å². The highest BCUT2D eigenvalue weighted by molar-refractivity contribution is 5.27. The van der Waals surface area contributed by atoms with Crippen molar-refractivity contribution < 1.29 is 13.9 Å². The van der Waals surface area contributed by atoms with Crippen LogP contribution in [0.4, 0.5) is 8.78 Å². The molecule has 112 valence electrons. The molecule has 0 bridgehead atoms. The Morgan fingerprint density at radius 2 is 1.81 bits per heavy atom. The summed E-state index contributed by atoms with van der Waals surface area (Å²) < 4.78 is 26.4. The Balaban J connectivity index is 1.93. The summed E-state index contributed by atoms with van der Waals surface area (Å²) in [5, 5.41) is 13.1. The van der Waals surface area contributed by atoms with Crippen molar-refractivity contribution in [2.45, 2.75) is 26.0 Å². The average Bonchev–Trinajstić information content (AvgIpc) is 2.47. The van der Waals surface area contributed by atoms with Crippen molar-refractivity contribution in [2.75, 3.05) is 6.54 Å². The van der Waals surface area contributed by atoms with Crippen LogP contribution in [0.1, 0.15) is 29.7 Å². The summed E-state index contributed by atoms with van der Waals surface area (Å²) in [6, 6.07) is 11.2. The van der Waals surface area contributed by atoms with Crippen molar-refractivity contribution >= 4 is 0 Å². The van der Waals surface area contributed by atoms with Crippen molar-refractivity contribution in [3.05, 3.63) is 70.8 Å². The molecule has 1 atom stereocenters. The van der Waals surface area contributed by atoms with Crippen molar-refractivity contribution in [1.82, 2.24) is 5.32 Å². The second-order valence-electron chi connectivity index (χ2n) is 4.93. The number of hydrogen-bond donors (Lipinski definition) is 2. The van der Waals surface area contributed by atoms with E-state index in [1.807, 2.05) is 18.2 Å². The van der Waals surface area contributed by atoms with E-state index < -0.39 is 17.7 Å². The lowest BCUT2D eigenvalue weighted by atomic mass is 10.0. The van der Waals surface area contributed by atoms with Gasteiger partial charge in [0.15, 0.2) is 0 Å². The van der Waals surface area contributed by atoms with E-state index in [-0.39, 0.29) is 12.1 Å². The zero-order valence-corrected chi connectivity index (χ0v) is 11.9. The highest BCUT2D eigenvalue weighted by Gasteiger charge is 2.13. The Morgan fingerprint density at radius 1 is 1.10 bits per heavy atom. The maximum atomic E-state index is 13.5. The monoisotopic (exact) mass is 291 g/mol. The third kappa shape index (κ3) is 4.09. The number of hydrogen-bond acceptors (Lipinski definition) is 2. The summed E-state index contributed by atoms with van der Waals surface area (Å²) in [6.45, 7) is 2.89. The molecule has 4 heteroatoms. The summed E-state index contributed by atoms with van der Waals surface area (Å²) in [7, 11) is 0. The first-order valence-electron chi connectivity index (χ1n) is 7.02. The first-order chi connectivity index (χ1) is 10.1. The summed E-state index contributed by atoms with van der Waals surface area (Å²) in [5.74, 6) is -1.37. The molecule has 2 aromatic rings. The Hall–Kier alpha value is -1.78. The molecule has 0 aromatic heterocycles. The molecule has 0 aliphatic carbocycles. The lowest BCUT2D eigenvalue weighted by Crippen LogP contribution is -2.22. The number of nitrogens with one attached hydrogen (secondary N) is 1. The molecule has 0 aliphatic heterocycles. The average molecular weight is 291 g/mol. The summed E-state index contributed by atoms with van der Waals surface area (Å²) in [6.07, 6.45) is -0.0631. The lowest BCUT2D eigenvalue weighted by Gasteiger charge is -2.14. The van der Waals surface area contributed by atoms with E-state index in [1.54, 1.807) is 0 Å². The molecule has 0 heterocycles. The molecule has 0 aliphatic rings. The molecule has 2 rings (SSSR count). The van der Waals surface area contributed by atoms with E-state index in [1.165, 1.54) is 11.6 Å². The van der Waals surface area contributed by atoms with Gasteiger partial charge in [-0.25, -0.2) is 8.78 Å². The first-order valence-corrected chi connectivity index (χ1v) is 7.02. The highest BCUT2D eigenvalue weighted by Crippen LogP contribution is 2.17. The molecule has 0 fully saturated rings. The first kappa shape index (κ1) is 15.6. The van der Waals surface area contributed by atoms with Gasteiger partial charge in [-0.3, -0.25) is 0 Å². The van der Waals surface area contributed by atoms with Gasteiger partial charge in [0.2, 0.25) is 0 Å². The van der Waals surface area contributed by atoms with Crippen LogP contribution in [0.15, 0.2) is 42.5 Å². The fourth-order valence-electron chi connectivity index (χ4n) is 2.30. The predicted molar refractivity (Wildman–Crippen MR) is 78.8 cm³/mol. The molecular weight excluding hydrogens is 272 g/mol. The molecule has 0 saturated heterocycles. The second-order valence-corrected chi connectivity index (χ2v) is 4.93. The van der Waals surface area contributed by atoms with E-state index in [4.69, 9.17) is 0 Å². The Morgan fingerprint density at radius 3 is 2.48 bits per heavy atom. The SMILES string of the molecule is CCc1ccccc1CNCC(O)c1ccc(F)cc1F. The molecule has 2 aromatic carbocycles. The number of rotatable bonds is 6. The minimum atomic E-state index is -1.00. The fourth-order valence-corrected chi connectivity index (χ4v) is 2.30. The minimum Gasteiger partial charge on any atom is -0.387 e. The van der Waals surface area contributed by atoms with Crippen LogP contribution in [0, 0.1) is 11.6 Å². The van der Waals surface area contributed by atoms with Gasteiger partial charge < -0.3 is 10.4 Å². The van der Waals surface area contributed by atoms with Gasteiger partial charge in [0, 0.05) is 24.7 Å². The molecule has 0 radical (unpaired) electrons. The normalized spacial score (nSPS) is 12.4. The van der Waals surface area contributed by atoms with Gasteiger partial charge in [-0.2, -0.15) is 0 Å². The number of benzene rings is 2. The van der Waals surface area contributed by atoms with Crippen LogP contribution in [-0.4, -0.2) is 11.7 Å². The van der Waals surface area contributed by atoms with Crippen LogP contribution in [-0.2, 0) is 13.0 Å². The Kier molecular flexibility index (Phi) is 5.42. The number of aliphatic hydroxyl groups is 1. The molecule has 1 unspecified atom stereocenters. The van der Waals surface area contributed by atoms with Crippen LogP contribution in [0.25, 0.3) is 0 Å². The fraction of sp³-hybridized carbons (Fsp3) is 0.294. The van der Waals surface area contributed by atoms with Gasteiger partial charge in [-0.05, 0) is 23.6 Å². The third-order valence-corrected chi connectivity index (χ3v) is 3.47. The number of halogens is 2. The summed E-state index contributed by atoms with van der Waals surface area (Å²) in [4.78, 5) is 0. The second kappa shape index (κ2) is 7.29. The maximum Gasteiger partial charge on any atom is 0.131 e. The zero-order chi connectivity index (χ0) is 15.2. The van der Waals surface area contributed by atoms with E-state index in [2.05, 4.69) is 18.3 Å². The van der Waals surface area contributed by atoms with Gasteiger partial charge >= 0.3 is 0 Å². The molecule has 2 nitrogen and oxygen atoms in total. The third-order valence-electron chi connectivity index (χ3n) is 3.47. The quantitative estimate of drug-likeness (QED) is 0.855. The Bertz CT molecular complexity index is 601. The minimum absolute atomic E-state index is 0.104. The molecule has 0 saturated carbocycles. The van der Waals surface area contributed by atoms with E-state index in [0.29, 0.717) is 6.54 Å². The topological polar surface area (TPSA) is 32.3 Å². The standard InChI is InChI=1S/C17H19F2NO/c1-2-12-5-3-4-6-13(12)10-20-11-17(21)15-8-7-14(18)9-16(15)19/h3-9,17,20-21H,2,10-11H2,1H3. The van der Waals surface area contributed by atoms with Crippen molar-refractivity contribution in [3.63, 3.8) is 0 Å². The van der Waals surface area contributed by atoms with Crippen molar-refractivity contribution in [2.24, 2.45) is 0 Å². The predicted octanol–water partition coefficient (Wildman–Crippen LogP) is 3.35. The van der Waals surface area contributed by atoms with Gasteiger partial charge in [-0.15, -0.1) is 0 Å². The lowest BCUT2D eigenvalue weighted by molar-refractivity contribution is 0.169. The maximum absolute atomic E-state index is 13.5. The zero-order valence-electron chi connectivity index (χ0n) is 11.9. The summed E-state index contributed by atoms with van der Waals surface area (Å²) in [5.41, 5.74) is 2.51. The Labute approximate surface area is 123 Å². The van der Waals surface area contributed by atoms with Crippen LogP contribution in [0.3, 0.4) is 0 Å². The van der Waals surface area contributed by atoms with Crippen molar-refractivity contribution in [3.8, 4) is 0 Å². The van der Waals surface area contributed by atoms with Crippen LogP contribution in [0.5, 0.6) is 0 Å². The molecule has 21 heavy (non-hydrogen) atoms. The number of aliphatic hydroxyl groups excluding tert-OH is 1. The molecule has 2 N–H and O–H groups in total. The smallest absolute Gasteiger partial charge is 0.131 e. The van der Waals surface area contributed by atoms with E-state index >= 15 is 0 Å². The summed E-state index contributed by atoms with van der Waals surface area (Å²) >= 11 is 0. The van der Waals surface area contributed by atoms with E-state index in [9.17, 15) is 13.9 Å². The van der Waals surface area contributed by atoms with Gasteiger partial charge in [0.25, 0.3) is 0 Å². The van der Waals surface area contributed by atoms with Crippen LogP contribution < -0.4 is 5.32 Å². The molecule has 0 amide bonds. The van der Waals surface area contributed by atoms with Gasteiger partial charge in [0.1, 0.15) is 11.6 Å². The van der Waals surface area contributed by atoms with Gasteiger partial charge in [-0.1, -0.05) is 37.3 Å². The molecular formula is C17H19F2NO. The number of aryl methyl sites for hydroxylation is 1. The van der Waals surface area contributed by atoms with Crippen LogP contribution >= 0.6 is 0 Å². The molecule has 0 spiro atoms. The highest BCUT2D eigenvalue weighted by atomic mass is 19.1.